The molecular weight excluding hydrogens is 240 g/mol. The zero-order chi connectivity index (χ0) is 10.3. The number of ether oxygens (including phenoxy) is 2. The first kappa shape index (κ1) is 12.6. The van der Waals surface area contributed by atoms with Crippen LogP contribution < -0.4 is 0 Å². The van der Waals surface area contributed by atoms with Crippen molar-refractivity contribution in [3.8, 4) is 0 Å². The quantitative estimate of drug-likeness (QED) is 0.401. The van der Waals surface area contributed by atoms with E-state index in [-0.39, 0.29) is 12.7 Å². The van der Waals surface area contributed by atoms with Gasteiger partial charge >= 0.3 is 5.97 Å². The average Bonchev–Trinajstić information content (AvgIpc) is 2.17. The molecule has 2 atom stereocenters. The van der Waals surface area contributed by atoms with Gasteiger partial charge in [-0.05, 0) is 6.42 Å². The van der Waals surface area contributed by atoms with Gasteiger partial charge < -0.3 is 14.3 Å². The molecular formula is C8H13BrO4. The van der Waals surface area contributed by atoms with Crippen molar-refractivity contribution in [2.75, 3.05) is 13.7 Å². The highest BCUT2D eigenvalue weighted by atomic mass is 79.9. The Morgan fingerprint density at radius 2 is 2.23 bits per heavy atom. The van der Waals surface area contributed by atoms with Gasteiger partial charge in [0.25, 0.3) is 0 Å². The Balaban J connectivity index is 4.05. The topological polar surface area (TPSA) is 52.6 Å². The molecule has 13 heavy (non-hydrogen) atoms. The number of carbonyl (C=O) groups excluding carboxylic acids is 2. The fourth-order valence-electron chi connectivity index (χ4n) is 0.837. The molecule has 5 heteroatoms. The molecule has 0 radical (unpaired) electrons. The monoisotopic (exact) mass is 252 g/mol. The number of aldehydes is 1. The fraction of sp³-hybridized carbons (Fsp3) is 0.750. The van der Waals surface area contributed by atoms with Gasteiger partial charge in [-0.1, -0.05) is 22.9 Å². The Kier molecular flexibility index (Phi) is 6.80. The SMILES string of the molecule is CCC(OCC=O)C(Br)C(=O)OC. The molecule has 0 heterocycles. The Morgan fingerprint density at radius 1 is 1.62 bits per heavy atom. The van der Waals surface area contributed by atoms with E-state index in [1.807, 2.05) is 6.92 Å². The van der Waals surface area contributed by atoms with E-state index in [0.29, 0.717) is 12.7 Å². The summed E-state index contributed by atoms with van der Waals surface area (Å²) >= 11 is 3.14. The molecule has 0 saturated heterocycles. The predicted octanol–water partition coefficient (Wildman–Crippen LogP) is 0.917. The van der Waals surface area contributed by atoms with Crippen LogP contribution in [0.15, 0.2) is 0 Å². The van der Waals surface area contributed by atoms with E-state index in [1.54, 1.807) is 0 Å². The second-order valence-electron chi connectivity index (χ2n) is 2.37. The summed E-state index contributed by atoms with van der Waals surface area (Å²) in [5.41, 5.74) is 0. The third-order valence-corrected chi connectivity index (χ3v) is 2.50. The van der Waals surface area contributed by atoms with Gasteiger partial charge in [0.1, 0.15) is 17.7 Å². The van der Waals surface area contributed by atoms with E-state index < -0.39 is 10.8 Å². The normalized spacial score (nSPS) is 14.7. The van der Waals surface area contributed by atoms with Crippen molar-refractivity contribution in [1.29, 1.82) is 0 Å². The second kappa shape index (κ2) is 7.03. The summed E-state index contributed by atoms with van der Waals surface area (Å²) in [6.45, 7) is 1.87. The van der Waals surface area contributed by atoms with Crippen LogP contribution in [0.25, 0.3) is 0 Å². The molecule has 76 valence electrons. The Hall–Kier alpha value is -0.420. The minimum absolute atomic E-state index is 0.00238. The highest BCUT2D eigenvalue weighted by molar-refractivity contribution is 9.10. The van der Waals surface area contributed by atoms with Gasteiger partial charge in [-0.2, -0.15) is 0 Å². The molecule has 0 aliphatic rings. The van der Waals surface area contributed by atoms with Crippen LogP contribution in [0.1, 0.15) is 13.3 Å². The van der Waals surface area contributed by atoms with Crippen molar-refractivity contribution in [3.63, 3.8) is 0 Å². The smallest absolute Gasteiger partial charge is 0.322 e. The maximum atomic E-state index is 11.0. The molecule has 0 amide bonds. The Bertz CT molecular complexity index is 172. The van der Waals surface area contributed by atoms with Gasteiger partial charge in [0.15, 0.2) is 0 Å². The van der Waals surface area contributed by atoms with Crippen LogP contribution in [0.3, 0.4) is 0 Å². The fourth-order valence-corrected chi connectivity index (χ4v) is 1.55. The molecule has 4 nitrogen and oxygen atoms in total. The standard InChI is InChI=1S/C8H13BrO4/c1-3-6(13-5-4-10)7(9)8(11)12-2/h4,6-7H,3,5H2,1-2H3. The van der Waals surface area contributed by atoms with E-state index in [1.165, 1.54) is 7.11 Å². The van der Waals surface area contributed by atoms with Crippen LogP contribution in [-0.2, 0) is 19.1 Å². The van der Waals surface area contributed by atoms with Crippen LogP contribution >= 0.6 is 15.9 Å². The van der Waals surface area contributed by atoms with Crippen molar-refractivity contribution < 1.29 is 19.1 Å². The summed E-state index contributed by atoms with van der Waals surface area (Å²) in [6, 6.07) is 0. The molecule has 0 aromatic heterocycles. The summed E-state index contributed by atoms with van der Waals surface area (Å²) in [4.78, 5) is 20.6. The highest BCUT2D eigenvalue weighted by Gasteiger charge is 2.25. The number of esters is 1. The number of hydrogen-bond acceptors (Lipinski definition) is 4. The van der Waals surface area contributed by atoms with Crippen molar-refractivity contribution in [2.24, 2.45) is 0 Å². The van der Waals surface area contributed by atoms with Gasteiger partial charge in [0.2, 0.25) is 0 Å². The van der Waals surface area contributed by atoms with Crippen LogP contribution in [0, 0.1) is 0 Å². The number of alkyl halides is 1. The maximum absolute atomic E-state index is 11.0. The van der Waals surface area contributed by atoms with E-state index in [9.17, 15) is 9.59 Å². The van der Waals surface area contributed by atoms with E-state index in [0.717, 1.165) is 0 Å². The molecule has 0 fully saturated rings. The Labute approximate surface area is 85.7 Å². The maximum Gasteiger partial charge on any atom is 0.322 e. The van der Waals surface area contributed by atoms with Crippen molar-refractivity contribution in [2.45, 2.75) is 24.3 Å². The van der Waals surface area contributed by atoms with E-state index >= 15 is 0 Å². The van der Waals surface area contributed by atoms with Crippen LogP contribution in [0.5, 0.6) is 0 Å². The summed E-state index contributed by atoms with van der Waals surface area (Å²) in [5, 5.41) is 0. The van der Waals surface area contributed by atoms with Crippen LogP contribution in [0.2, 0.25) is 0 Å². The van der Waals surface area contributed by atoms with Crippen LogP contribution in [0.4, 0.5) is 0 Å². The summed E-state index contributed by atoms with van der Waals surface area (Å²) < 4.78 is 9.63. The molecule has 0 spiro atoms. The lowest BCUT2D eigenvalue weighted by atomic mass is 10.2. The first-order valence-electron chi connectivity index (χ1n) is 3.94. The molecule has 0 N–H and O–H groups in total. The lowest BCUT2D eigenvalue weighted by molar-refractivity contribution is -0.143. The zero-order valence-electron chi connectivity index (χ0n) is 7.66. The average molecular weight is 253 g/mol. The largest absolute Gasteiger partial charge is 0.468 e. The highest BCUT2D eigenvalue weighted by Crippen LogP contribution is 2.14. The minimum Gasteiger partial charge on any atom is -0.468 e. The Morgan fingerprint density at radius 3 is 2.62 bits per heavy atom. The number of carbonyl (C=O) groups is 2. The number of rotatable bonds is 6. The predicted molar refractivity (Wildman–Crippen MR) is 50.8 cm³/mol. The number of methoxy groups -OCH3 is 1. The summed E-state index contributed by atoms with van der Waals surface area (Å²) in [5.74, 6) is -0.391. The lowest BCUT2D eigenvalue weighted by Crippen LogP contribution is -2.32. The molecule has 0 saturated carbocycles. The molecule has 0 bridgehead atoms. The minimum atomic E-state index is -0.512. The second-order valence-corrected chi connectivity index (χ2v) is 3.36. The van der Waals surface area contributed by atoms with E-state index in [2.05, 4.69) is 20.7 Å². The van der Waals surface area contributed by atoms with Gasteiger partial charge in [-0.15, -0.1) is 0 Å². The molecule has 0 aliphatic carbocycles. The van der Waals surface area contributed by atoms with Crippen LogP contribution in [-0.4, -0.2) is 36.9 Å². The molecule has 0 aliphatic heterocycles. The summed E-state index contributed by atoms with van der Waals surface area (Å²) in [6.07, 6.45) is 0.969. The first-order valence-corrected chi connectivity index (χ1v) is 4.86. The molecule has 2 unspecified atom stereocenters. The lowest BCUT2D eigenvalue weighted by Gasteiger charge is -2.18. The number of halogens is 1. The van der Waals surface area contributed by atoms with Gasteiger partial charge in [0, 0.05) is 0 Å². The third-order valence-electron chi connectivity index (χ3n) is 1.53. The molecule has 0 aromatic carbocycles. The number of hydrogen-bond donors (Lipinski definition) is 0. The van der Waals surface area contributed by atoms with Crippen molar-refractivity contribution in [1.82, 2.24) is 0 Å². The van der Waals surface area contributed by atoms with Gasteiger partial charge in [0.05, 0.1) is 13.2 Å². The zero-order valence-corrected chi connectivity index (χ0v) is 9.24. The third kappa shape index (κ3) is 4.38. The van der Waals surface area contributed by atoms with Gasteiger partial charge in [-0.25, -0.2) is 0 Å². The van der Waals surface area contributed by atoms with E-state index in [4.69, 9.17) is 4.74 Å². The summed E-state index contributed by atoms with van der Waals surface area (Å²) in [7, 11) is 1.31. The van der Waals surface area contributed by atoms with Crippen molar-refractivity contribution >= 4 is 28.2 Å². The van der Waals surface area contributed by atoms with Gasteiger partial charge in [-0.3, -0.25) is 4.79 Å². The first-order chi connectivity index (χ1) is 6.17. The van der Waals surface area contributed by atoms with Crippen molar-refractivity contribution in [3.05, 3.63) is 0 Å². The molecule has 0 aromatic rings. The molecule has 0 rings (SSSR count).